The lowest BCUT2D eigenvalue weighted by Crippen LogP contribution is -2.60. The van der Waals surface area contributed by atoms with Crippen LogP contribution in [0.2, 0.25) is 0 Å². The first-order valence-corrected chi connectivity index (χ1v) is 7.91. The van der Waals surface area contributed by atoms with Gasteiger partial charge in [0.05, 0.1) is 18.1 Å². The van der Waals surface area contributed by atoms with Crippen molar-refractivity contribution in [1.29, 1.82) is 0 Å². The van der Waals surface area contributed by atoms with Crippen LogP contribution in [0, 0.1) is 11.8 Å². The first-order valence-electron chi connectivity index (χ1n) is 7.91. The molecule has 1 fully saturated rings. The monoisotopic (exact) mass is 302 g/mol. The highest BCUT2D eigenvalue weighted by Gasteiger charge is 2.45. The molecule has 1 aromatic carbocycles. The minimum absolute atomic E-state index is 0.0452. The molecule has 1 amide bonds. The Bertz CT molecular complexity index is 601. The maximum absolute atomic E-state index is 12.3. The Balaban J connectivity index is 1.78. The van der Waals surface area contributed by atoms with Crippen LogP contribution in [-0.2, 0) is 9.53 Å². The van der Waals surface area contributed by atoms with Gasteiger partial charge in [-0.15, -0.1) is 0 Å². The zero-order valence-corrected chi connectivity index (χ0v) is 13.0. The number of carbonyl (C=O) groups excluding carboxylic acids is 2. The number of para-hydroxylation sites is 1. The number of hydrogen-bond donors (Lipinski definition) is 2. The quantitative estimate of drug-likeness (QED) is 0.824. The first kappa shape index (κ1) is 14.9. The third kappa shape index (κ3) is 2.56. The summed E-state index contributed by atoms with van der Waals surface area (Å²) in [6, 6.07) is 7.53. The fraction of sp³-hybridized carbons (Fsp3) is 0.529. The SMILES string of the molecule is CCOC(=O)[C@@H]1CC[C@@]2(C[C@@H]1C)NC(=O)c1ccccc1N2. The van der Waals surface area contributed by atoms with Crippen molar-refractivity contribution in [1.82, 2.24) is 5.32 Å². The zero-order chi connectivity index (χ0) is 15.7. The Kier molecular flexibility index (Phi) is 3.81. The number of hydrogen-bond acceptors (Lipinski definition) is 4. The van der Waals surface area contributed by atoms with Crippen molar-refractivity contribution in [3.8, 4) is 0 Å². The molecule has 0 unspecified atom stereocenters. The second-order valence-corrected chi connectivity index (χ2v) is 6.29. The molecule has 0 aromatic heterocycles. The molecule has 1 aliphatic heterocycles. The van der Waals surface area contributed by atoms with Crippen molar-refractivity contribution >= 4 is 17.6 Å². The molecule has 0 saturated heterocycles. The van der Waals surface area contributed by atoms with Gasteiger partial charge < -0.3 is 15.4 Å². The molecule has 0 radical (unpaired) electrons. The predicted molar refractivity (Wildman–Crippen MR) is 83.4 cm³/mol. The lowest BCUT2D eigenvalue weighted by Gasteiger charge is -2.46. The average Bonchev–Trinajstić information content (AvgIpc) is 2.47. The summed E-state index contributed by atoms with van der Waals surface area (Å²) in [6.07, 6.45) is 2.16. The van der Waals surface area contributed by atoms with Gasteiger partial charge >= 0.3 is 5.97 Å². The molecule has 3 atom stereocenters. The highest BCUT2D eigenvalue weighted by Crippen LogP contribution is 2.40. The van der Waals surface area contributed by atoms with Gasteiger partial charge in [0.25, 0.3) is 5.91 Å². The molecule has 118 valence electrons. The van der Waals surface area contributed by atoms with E-state index in [9.17, 15) is 9.59 Å². The van der Waals surface area contributed by atoms with Crippen LogP contribution in [0.3, 0.4) is 0 Å². The van der Waals surface area contributed by atoms with E-state index in [2.05, 4.69) is 17.6 Å². The molecule has 1 spiro atoms. The molecule has 5 heteroatoms. The highest BCUT2D eigenvalue weighted by atomic mass is 16.5. The Hall–Kier alpha value is -2.04. The van der Waals surface area contributed by atoms with E-state index in [0.717, 1.165) is 24.9 Å². The third-order valence-electron chi connectivity index (χ3n) is 4.73. The van der Waals surface area contributed by atoms with Crippen LogP contribution < -0.4 is 10.6 Å². The summed E-state index contributed by atoms with van der Waals surface area (Å²) in [7, 11) is 0. The van der Waals surface area contributed by atoms with Crippen molar-refractivity contribution in [2.24, 2.45) is 11.8 Å². The van der Waals surface area contributed by atoms with Gasteiger partial charge in [0.2, 0.25) is 0 Å². The molecule has 1 saturated carbocycles. The topological polar surface area (TPSA) is 67.4 Å². The summed E-state index contributed by atoms with van der Waals surface area (Å²) in [5, 5.41) is 6.59. The van der Waals surface area contributed by atoms with Crippen molar-refractivity contribution in [3.63, 3.8) is 0 Å². The molecule has 1 aromatic rings. The van der Waals surface area contributed by atoms with Gasteiger partial charge in [-0.2, -0.15) is 0 Å². The lowest BCUT2D eigenvalue weighted by molar-refractivity contribution is -0.151. The lowest BCUT2D eigenvalue weighted by atomic mass is 9.73. The number of rotatable bonds is 2. The van der Waals surface area contributed by atoms with E-state index in [1.54, 1.807) is 0 Å². The van der Waals surface area contributed by atoms with Gasteiger partial charge in [0.15, 0.2) is 0 Å². The van der Waals surface area contributed by atoms with Crippen LogP contribution >= 0.6 is 0 Å². The van der Waals surface area contributed by atoms with Gasteiger partial charge in [-0.3, -0.25) is 9.59 Å². The fourth-order valence-electron chi connectivity index (χ4n) is 3.67. The molecule has 1 heterocycles. The molecular weight excluding hydrogens is 280 g/mol. The number of anilines is 1. The van der Waals surface area contributed by atoms with Crippen molar-refractivity contribution < 1.29 is 14.3 Å². The predicted octanol–water partition coefficient (Wildman–Crippen LogP) is 2.54. The highest BCUT2D eigenvalue weighted by molar-refractivity contribution is 6.02. The standard InChI is InChI=1S/C17H22N2O3/c1-3-22-16(21)12-8-9-17(10-11(12)2)18-14-7-5-4-6-13(14)15(20)19-17/h4-7,11-12,18H,3,8-10H2,1-2H3,(H,19,20)/t11-,12+,17-/m0/s1. The van der Waals surface area contributed by atoms with Crippen LogP contribution in [0.4, 0.5) is 5.69 Å². The first-order chi connectivity index (χ1) is 10.5. The normalized spacial score (nSPS) is 30.2. The number of ether oxygens (including phenoxy) is 1. The summed E-state index contributed by atoms with van der Waals surface area (Å²) in [6.45, 7) is 4.29. The molecule has 1 aliphatic carbocycles. The fourth-order valence-corrected chi connectivity index (χ4v) is 3.67. The van der Waals surface area contributed by atoms with Crippen molar-refractivity contribution in [2.45, 2.75) is 38.8 Å². The number of esters is 1. The average molecular weight is 302 g/mol. The van der Waals surface area contributed by atoms with Crippen molar-refractivity contribution in [2.75, 3.05) is 11.9 Å². The number of benzene rings is 1. The largest absolute Gasteiger partial charge is 0.466 e. The summed E-state index contributed by atoms with van der Waals surface area (Å²) in [5.74, 6) is -0.0872. The summed E-state index contributed by atoms with van der Waals surface area (Å²) in [4.78, 5) is 24.4. The maximum atomic E-state index is 12.3. The van der Waals surface area contributed by atoms with E-state index in [0.29, 0.717) is 12.2 Å². The second-order valence-electron chi connectivity index (χ2n) is 6.29. The van der Waals surface area contributed by atoms with E-state index >= 15 is 0 Å². The molecule has 2 N–H and O–H groups in total. The summed E-state index contributed by atoms with van der Waals surface area (Å²) >= 11 is 0. The van der Waals surface area contributed by atoms with Crippen LogP contribution in [0.25, 0.3) is 0 Å². The molecule has 22 heavy (non-hydrogen) atoms. The van der Waals surface area contributed by atoms with Gasteiger partial charge in [0.1, 0.15) is 5.66 Å². The second kappa shape index (κ2) is 5.63. The van der Waals surface area contributed by atoms with E-state index in [1.165, 1.54) is 0 Å². The van der Waals surface area contributed by atoms with E-state index < -0.39 is 5.66 Å². The van der Waals surface area contributed by atoms with Gasteiger partial charge in [-0.05, 0) is 44.2 Å². The van der Waals surface area contributed by atoms with Crippen LogP contribution in [0.1, 0.15) is 43.5 Å². The smallest absolute Gasteiger partial charge is 0.309 e. The van der Waals surface area contributed by atoms with Crippen LogP contribution in [-0.4, -0.2) is 24.1 Å². The molecule has 3 rings (SSSR count). The Morgan fingerprint density at radius 2 is 2.14 bits per heavy atom. The van der Waals surface area contributed by atoms with E-state index in [4.69, 9.17) is 4.74 Å². The Morgan fingerprint density at radius 1 is 1.36 bits per heavy atom. The number of fused-ring (bicyclic) bond motifs is 1. The van der Waals surface area contributed by atoms with Crippen LogP contribution in [0.15, 0.2) is 24.3 Å². The number of nitrogens with one attached hydrogen (secondary N) is 2. The van der Waals surface area contributed by atoms with E-state index in [1.807, 2.05) is 31.2 Å². The Morgan fingerprint density at radius 3 is 2.86 bits per heavy atom. The molecule has 0 bridgehead atoms. The molecule has 2 aliphatic rings. The van der Waals surface area contributed by atoms with Crippen LogP contribution in [0.5, 0.6) is 0 Å². The van der Waals surface area contributed by atoms with Gasteiger partial charge in [-0.25, -0.2) is 0 Å². The number of carbonyl (C=O) groups is 2. The Labute approximate surface area is 130 Å². The molecular formula is C17H22N2O3. The van der Waals surface area contributed by atoms with Gasteiger partial charge in [-0.1, -0.05) is 19.1 Å². The maximum Gasteiger partial charge on any atom is 0.309 e. The van der Waals surface area contributed by atoms with E-state index in [-0.39, 0.29) is 23.7 Å². The minimum atomic E-state index is -0.451. The number of amides is 1. The zero-order valence-electron chi connectivity index (χ0n) is 13.0. The van der Waals surface area contributed by atoms with Gasteiger partial charge in [0, 0.05) is 5.69 Å². The summed E-state index contributed by atoms with van der Waals surface area (Å²) in [5.41, 5.74) is 1.09. The van der Waals surface area contributed by atoms with Crippen molar-refractivity contribution in [3.05, 3.63) is 29.8 Å². The minimum Gasteiger partial charge on any atom is -0.466 e. The summed E-state index contributed by atoms with van der Waals surface area (Å²) < 4.78 is 5.16. The molecule has 5 nitrogen and oxygen atoms in total. The third-order valence-corrected chi connectivity index (χ3v) is 4.73.